The molecule has 0 spiro atoms. The van der Waals surface area contributed by atoms with E-state index in [2.05, 4.69) is 5.32 Å². The number of nitrogens with one attached hydrogen (secondary N) is 1. The molecule has 0 fully saturated rings. The first-order chi connectivity index (χ1) is 13.8. The molecule has 0 atom stereocenters. The molecule has 1 aliphatic rings. The molecule has 0 saturated heterocycles. The van der Waals surface area contributed by atoms with E-state index in [4.69, 9.17) is 39.5 Å². The van der Waals surface area contributed by atoms with Crippen LogP contribution in [-0.4, -0.2) is 24.4 Å². The van der Waals surface area contributed by atoms with Crippen molar-refractivity contribution in [3.63, 3.8) is 0 Å². The van der Waals surface area contributed by atoms with Crippen LogP contribution in [0.5, 0.6) is 0 Å². The van der Waals surface area contributed by atoms with E-state index >= 15 is 0 Å². The Morgan fingerprint density at radius 3 is 2.31 bits per heavy atom. The van der Waals surface area contributed by atoms with Gasteiger partial charge in [-0.2, -0.15) is 0 Å². The number of hydrogen-bond acceptors (Lipinski definition) is 5. The third-order valence-corrected chi connectivity index (χ3v) is 5.11. The Morgan fingerprint density at radius 2 is 1.69 bits per heavy atom. The molecule has 1 N–H and O–H groups in total. The lowest BCUT2D eigenvalue weighted by Crippen LogP contribution is -2.32. The van der Waals surface area contributed by atoms with Gasteiger partial charge in [0.1, 0.15) is 10.7 Å². The average molecular weight is 454 g/mol. The lowest BCUT2D eigenvalue weighted by Gasteiger charge is -2.15. The third kappa shape index (κ3) is 4.40. The lowest BCUT2D eigenvalue weighted by molar-refractivity contribution is -0.120. The Morgan fingerprint density at radius 1 is 1.00 bits per heavy atom. The van der Waals surface area contributed by atoms with Gasteiger partial charge in [0.05, 0.1) is 27.9 Å². The van der Waals surface area contributed by atoms with Crippen LogP contribution in [-0.2, 0) is 14.3 Å². The highest BCUT2D eigenvalue weighted by molar-refractivity contribution is 6.53. The Balaban J connectivity index is 1.79. The number of nitrogens with zero attached hydrogens (tertiary/aromatic N) is 1. The van der Waals surface area contributed by atoms with Crippen molar-refractivity contribution in [3.05, 3.63) is 68.8 Å². The average Bonchev–Trinajstić information content (AvgIpc) is 2.92. The molecule has 0 aromatic heterocycles. The molecule has 29 heavy (non-hydrogen) atoms. The first-order valence-electron chi connectivity index (χ1n) is 8.61. The van der Waals surface area contributed by atoms with Crippen molar-refractivity contribution in [2.24, 2.45) is 0 Å². The van der Waals surface area contributed by atoms with Crippen LogP contribution in [0.3, 0.4) is 0 Å². The van der Waals surface area contributed by atoms with Gasteiger partial charge in [0.2, 0.25) is 0 Å². The smallest absolute Gasteiger partial charge is 0.338 e. The van der Waals surface area contributed by atoms with E-state index < -0.39 is 17.8 Å². The number of carbonyl (C=O) groups is 3. The van der Waals surface area contributed by atoms with Gasteiger partial charge in [-0.3, -0.25) is 9.59 Å². The molecule has 0 radical (unpaired) electrons. The monoisotopic (exact) mass is 452 g/mol. The first-order valence-corrected chi connectivity index (χ1v) is 9.74. The molecule has 0 aliphatic carbocycles. The first kappa shape index (κ1) is 21.2. The molecular formula is C20H15Cl3N2O4. The molecule has 9 heteroatoms. The molecule has 2 aromatic carbocycles. The minimum atomic E-state index is -0.683. The van der Waals surface area contributed by atoms with Crippen LogP contribution in [0.2, 0.25) is 10.0 Å². The summed E-state index contributed by atoms with van der Waals surface area (Å²) in [7, 11) is 0. The van der Waals surface area contributed by atoms with E-state index in [9.17, 15) is 14.4 Å². The largest absolute Gasteiger partial charge is 0.462 e. The van der Waals surface area contributed by atoms with Gasteiger partial charge < -0.3 is 10.1 Å². The summed E-state index contributed by atoms with van der Waals surface area (Å²) in [6, 6.07) is 10.6. The number of carbonyl (C=O) groups excluding carboxylic acids is 3. The van der Waals surface area contributed by atoms with Crippen LogP contribution in [0.1, 0.15) is 23.7 Å². The van der Waals surface area contributed by atoms with Crippen molar-refractivity contribution in [1.29, 1.82) is 0 Å². The maximum atomic E-state index is 12.8. The number of rotatable bonds is 6. The number of benzene rings is 2. The topological polar surface area (TPSA) is 75.7 Å². The highest BCUT2D eigenvalue weighted by atomic mass is 35.5. The van der Waals surface area contributed by atoms with Crippen molar-refractivity contribution >= 4 is 64.0 Å². The van der Waals surface area contributed by atoms with Crippen molar-refractivity contribution in [2.45, 2.75) is 13.3 Å². The van der Waals surface area contributed by atoms with E-state index in [0.717, 1.165) is 11.3 Å². The van der Waals surface area contributed by atoms with Crippen molar-refractivity contribution in [1.82, 2.24) is 0 Å². The molecule has 2 amide bonds. The van der Waals surface area contributed by atoms with Crippen molar-refractivity contribution < 1.29 is 19.1 Å². The summed E-state index contributed by atoms with van der Waals surface area (Å²) in [6.45, 7) is 2.24. The minimum Gasteiger partial charge on any atom is -0.462 e. The number of esters is 1. The molecule has 0 saturated carbocycles. The minimum absolute atomic E-state index is 0.0796. The lowest BCUT2D eigenvalue weighted by atomic mass is 10.2. The highest BCUT2D eigenvalue weighted by Gasteiger charge is 2.39. The summed E-state index contributed by atoms with van der Waals surface area (Å²) < 4.78 is 5.06. The SMILES string of the molecule is CCCOC(=O)c1ccc(NC2=C(Cl)C(=O)N(c3ccc(Cl)c(Cl)c3)C2=O)cc1. The highest BCUT2D eigenvalue weighted by Crippen LogP contribution is 2.33. The summed E-state index contributed by atoms with van der Waals surface area (Å²) in [5, 5.41) is 3.07. The third-order valence-electron chi connectivity index (χ3n) is 4.02. The fourth-order valence-corrected chi connectivity index (χ4v) is 3.09. The van der Waals surface area contributed by atoms with E-state index in [1.165, 1.54) is 18.2 Å². The Hall–Kier alpha value is -2.54. The van der Waals surface area contributed by atoms with Gasteiger partial charge in [0.25, 0.3) is 11.8 Å². The molecule has 150 valence electrons. The molecule has 1 heterocycles. The predicted octanol–water partition coefficient (Wildman–Crippen LogP) is 5.00. The number of halogens is 3. The van der Waals surface area contributed by atoms with Crippen LogP contribution >= 0.6 is 34.8 Å². The van der Waals surface area contributed by atoms with Crippen molar-refractivity contribution in [2.75, 3.05) is 16.8 Å². The second-order valence-corrected chi connectivity index (χ2v) is 7.26. The van der Waals surface area contributed by atoms with Crippen LogP contribution in [0, 0.1) is 0 Å². The Bertz CT molecular complexity index is 1020. The van der Waals surface area contributed by atoms with Gasteiger partial charge in [0.15, 0.2) is 0 Å². The molecular weight excluding hydrogens is 439 g/mol. The van der Waals surface area contributed by atoms with Gasteiger partial charge in [-0.25, -0.2) is 9.69 Å². The maximum Gasteiger partial charge on any atom is 0.338 e. The van der Waals surface area contributed by atoms with E-state index in [1.807, 2.05) is 6.92 Å². The quantitative estimate of drug-likeness (QED) is 0.492. The van der Waals surface area contributed by atoms with Crippen LogP contribution in [0.25, 0.3) is 0 Å². The van der Waals surface area contributed by atoms with Gasteiger partial charge >= 0.3 is 5.97 Å². The summed E-state index contributed by atoms with van der Waals surface area (Å²) in [6.07, 6.45) is 0.726. The fourth-order valence-electron chi connectivity index (χ4n) is 2.58. The molecule has 1 aliphatic heterocycles. The van der Waals surface area contributed by atoms with E-state index in [0.29, 0.717) is 22.9 Å². The number of imide groups is 1. The standard InChI is InChI=1S/C20H15Cl3N2O4/c1-2-9-29-20(28)11-3-5-12(6-4-11)24-17-16(23)18(26)25(19(17)27)13-7-8-14(21)15(22)10-13/h3-8,10,24H,2,9H2,1H3. The second kappa shape index (κ2) is 8.86. The number of amides is 2. The van der Waals surface area contributed by atoms with Crippen LogP contribution in [0.4, 0.5) is 11.4 Å². The zero-order valence-corrected chi connectivity index (χ0v) is 17.4. The molecule has 2 aromatic rings. The number of anilines is 2. The second-order valence-electron chi connectivity index (χ2n) is 6.07. The van der Waals surface area contributed by atoms with Crippen LogP contribution < -0.4 is 10.2 Å². The Kier molecular flexibility index (Phi) is 6.47. The summed E-state index contributed by atoms with van der Waals surface area (Å²) in [5.74, 6) is -1.75. The number of ether oxygens (including phenoxy) is 1. The normalized spacial score (nSPS) is 13.9. The number of hydrogen-bond donors (Lipinski definition) is 1. The van der Waals surface area contributed by atoms with Gasteiger partial charge in [-0.1, -0.05) is 41.7 Å². The molecule has 0 bridgehead atoms. The van der Waals surface area contributed by atoms with Crippen LogP contribution in [0.15, 0.2) is 53.2 Å². The Labute approximate surface area is 182 Å². The van der Waals surface area contributed by atoms with Crippen molar-refractivity contribution in [3.8, 4) is 0 Å². The maximum absolute atomic E-state index is 12.8. The molecule has 6 nitrogen and oxygen atoms in total. The molecule has 0 unspecified atom stereocenters. The van der Waals surface area contributed by atoms with Gasteiger partial charge in [0, 0.05) is 5.69 Å². The molecule has 3 rings (SSSR count). The van der Waals surface area contributed by atoms with E-state index in [-0.39, 0.29) is 21.4 Å². The summed E-state index contributed by atoms with van der Waals surface area (Å²) in [5.41, 5.74) is 1.01. The fraction of sp³-hybridized carbons (Fsp3) is 0.150. The summed E-state index contributed by atoms with van der Waals surface area (Å²) in [4.78, 5) is 38.0. The zero-order chi connectivity index (χ0) is 21.1. The zero-order valence-electron chi connectivity index (χ0n) is 15.2. The van der Waals surface area contributed by atoms with Gasteiger partial charge in [-0.05, 0) is 48.9 Å². The van der Waals surface area contributed by atoms with Gasteiger partial charge in [-0.15, -0.1) is 0 Å². The predicted molar refractivity (Wildman–Crippen MR) is 112 cm³/mol. The summed E-state index contributed by atoms with van der Waals surface area (Å²) >= 11 is 18.0. The van der Waals surface area contributed by atoms with E-state index in [1.54, 1.807) is 24.3 Å².